The summed E-state index contributed by atoms with van der Waals surface area (Å²) >= 11 is 0. The first-order valence-electron chi connectivity index (χ1n) is 17.4. The molecule has 0 bridgehead atoms. The molecule has 1 N–H and O–H groups in total. The van der Waals surface area contributed by atoms with Gasteiger partial charge in [-0.2, -0.15) is 4.67 Å². The van der Waals surface area contributed by atoms with Gasteiger partial charge in [0.25, 0.3) is 0 Å². The Morgan fingerprint density at radius 3 is 2.52 bits per heavy atom. The van der Waals surface area contributed by atoms with Crippen LogP contribution in [-0.4, -0.2) is 114 Å². The maximum atomic E-state index is 12.8. The fraction of sp³-hybridized carbons (Fsp3) is 0.765. The first-order valence-corrected chi connectivity index (χ1v) is 17.4. The molecule has 0 unspecified atom stereocenters. The smallest absolute Gasteiger partial charge is 0.410 e. The molecular formula is C34H51N6O6+. The third kappa shape index (κ3) is 5.71. The van der Waals surface area contributed by atoms with Crippen molar-refractivity contribution in [2.75, 3.05) is 53.0 Å². The summed E-state index contributed by atoms with van der Waals surface area (Å²) in [6.45, 7) is 12.6. The zero-order chi connectivity index (χ0) is 32.1. The lowest BCUT2D eigenvalue weighted by atomic mass is 9.61. The van der Waals surface area contributed by atoms with Crippen LogP contribution < -0.4 is 9.98 Å². The molecule has 1 aromatic rings. The standard InChI is InChI=1S/C34H50N6O6/c1-23(25-11-9-15-38(25)5)44-27-22-26(39-16-18-40(19-17-39)31(41)45-32(2,3)4)35-30(36-27)28-24-10-8-13-33(29(24)46-37-28)12-6-7-14-34(33)42-20-21-43-34/h22-23,25H,6-21H2,1-5H3/p+1/t23-,25-,33-/m0/s1. The van der Waals surface area contributed by atoms with Crippen LogP contribution in [0.15, 0.2) is 16.4 Å². The molecule has 1 saturated carbocycles. The molecule has 46 heavy (non-hydrogen) atoms. The molecule has 252 valence electrons. The van der Waals surface area contributed by atoms with Crippen LogP contribution in [0.25, 0.3) is 0 Å². The fourth-order valence-electron chi connectivity index (χ4n) is 8.52. The molecule has 3 atom stereocenters. The highest BCUT2D eigenvalue weighted by atomic mass is 16.7. The van der Waals surface area contributed by atoms with Crippen molar-refractivity contribution in [3.8, 4) is 0 Å². The van der Waals surface area contributed by atoms with Gasteiger partial charge in [0.1, 0.15) is 17.8 Å². The van der Waals surface area contributed by atoms with E-state index in [9.17, 15) is 4.79 Å². The molecule has 0 aromatic carbocycles. The first kappa shape index (κ1) is 31.5. The third-order valence-electron chi connectivity index (χ3n) is 10.7. The van der Waals surface area contributed by atoms with Gasteiger partial charge in [-0.1, -0.05) is 11.6 Å². The topological polar surface area (TPSA) is 116 Å². The van der Waals surface area contributed by atoms with Crippen molar-refractivity contribution in [1.29, 1.82) is 0 Å². The number of hydrogen-bond acceptors (Lipinski definition) is 10. The number of piperazine rings is 1. The van der Waals surface area contributed by atoms with Gasteiger partial charge < -0.3 is 33.3 Å². The van der Waals surface area contributed by atoms with Crippen LogP contribution in [0, 0.1) is 0 Å². The summed E-state index contributed by atoms with van der Waals surface area (Å²) in [5, 5.41) is 8.30. The van der Waals surface area contributed by atoms with Gasteiger partial charge in [0.2, 0.25) is 11.5 Å². The Bertz CT molecular complexity index is 1410. The lowest BCUT2D eigenvalue weighted by Crippen LogP contribution is -2.56. The van der Waals surface area contributed by atoms with E-state index < -0.39 is 11.4 Å². The van der Waals surface area contributed by atoms with Crippen molar-refractivity contribution >= 4 is 17.8 Å². The Hall–Kier alpha value is -3.05. The van der Waals surface area contributed by atoms with Crippen molar-refractivity contribution in [3.05, 3.63) is 28.9 Å². The molecule has 2 aliphatic carbocycles. The number of likely N-dealkylation sites (N-methyl/N-ethyl adjacent to an activating group) is 1. The highest BCUT2D eigenvalue weighted by Crippen LogP contribution is 2.56. The number of likely N-dealkylation sites (tertiary alicyclic amines) is 1. The second-order valence-corrected chi connectivity index (χ2v) is 14.9. The van der Waals surface area contributed by atoms with E-state index in [2.05, 4.69) is 29.1 Å². The van der Waals surface area contributed by atoms with Crippen LogP contribution >= 0.6 is 0 Å². The molecule has 12 heteroatoms. The minimum Gasteiger partial charge on any atom is -0.446 e. The average molecular weight is 640 g/mol. The highest BCUT2D eigenvalue weighted by Gasteiger charge is 2.62. The zero-order valence-corrected chi connectivity index (χ0v) is 28.2. The number of carbonyl (C=O) groups is 1. The number of nitrogens with zero attached hydrogens (tertiary/aromatic N) is 5. The zero-order valence-electron chi connectivity index (χ0n) is 28.2. The summed E-state index contributed by atoms with van der Waals surface area (Å²) < 4.78 is 36.4. The molecule has 4 aliphatic heterocycles. The van der Waals surface area contributed by atoms with Crippen LogP contribution in [0.3, 0.4) is 0 Å². The summed E-state index contributed by atoms with van der Waals surface area (Å²) in [5.41, 5.74) is 0.965. The number of rotatable bonds is 4. The number of ether oxygens (including phenoxy) is 4. The van der Waals surface area contributed by atoms with E-state index in [0.29, 0.717) is 57.2 Å². The average Bonchev–Trinajstić information content (AvgIpc) is 3.79. The van der Waals surface area contributed by atoms with Crippen molar-refractivity contribution in [3.63, 3.8) is 0 Å². The summed E-state index contributed by atoms with van der Waals surface area (Å²) in [6.07, 6.45) is 10.9. The molecule has 6 aliphatic rings. The van der Waals surface area contributed by atoms with E-state index in [1.54, 1.807) is 4.90 Å². The molecule has 3 saturated heterocycles. The Balaban J connectivity index is 1.18. The minimum absolute atomic E-state index is 0.0274. The largest absolute Gasteiger partial charge is 0.446 e. The Kier molecular flexibility index (Phi) is 8.36. The van der Waals surface area contributed by atoms with Crippen molar-refractivity contribution in [2.24, 2.45) is 0 Å². The number of carbonyl (C=O) groups excluding carboxylic acids is 1. The molecule has 2 spiro atoms. The summed E-state index contributed by atoms with van der Waals surface area (Å²) in [4.78, 5) is 19.2. The maximum Gasteiger partial charge on any atom is 0.410 e. The van der Waals surface area contributed by atoms with E-state index in [4.69, 9.17) is 33.3 Å². The number of amides is 1. The summed E-state index contributed by atoms with van der Waals surface area (Å²) in [6, 6.07) is 0.337. The van der Waals surface area contributed by atoms with Crippen LogP contribution in [0.2, 0.25) is 0 Å². The minimum atomic E-state index is -0.638. The van der Waals surface area contributed by atoms with Crippen LogP contribution in [-0.2, 0) is 30.8 Å². The lowest BCUT2D eigenvalue weighted by Gasteiger charge is -2.50. The van der Waals surface area contributed by atoms with Crippen LogP contribution in [0.1, 0.15) is 96.1 Å². The highest BCUT2D eigenvalue weighted by molar-refractivity contribution is 6.05. The molecule has 7 rings (SSSR count). The molecular weight excluding hydrogens is 588 g/mol. The van der Waals surface area contributed by atoms with Crippen molar-refractivity contribution < 1.29 is 28.3 Å². The number of hydrogen-bond donors (Lipinski definition) is 1. The van der Waals surface area contributed by atoms with E-state index in [0.717, 1.165) is 80.7 Å². The molecule has 12 nitrogen and oxygen atoms in total. The normalized spacial score (nSPS) is 28.8. The van der Waals surface area contributed by atoms with Crippen LogP contribution in [0.4, 0.5) is 4.79 Å². The Morgan fingerprint density at radius 2 is 1.80 bits per heavy atom. The van der Waals surface area contributed by atoms with E-state index in [-0.39, 0.29) is 17.6 Å². The fourth-order valence-corrected chi connectivity index (χ4v) is 8.52. The summed E-state index contributed by atoms with van der Waals surface area (Å²) in [5.74, 6) is 2.35. The van der Waals surface area contributed by atoms with E-state index >= 15 is 0 Å². The Labute approximate surface area is 272 Å². The van der Waals surface area contributed by atoms with Gasteiger partial charge in [-0.25, -0.2) is 10.1 Å². The summed E-state index contributed by atoms with van der Waals surface area (Å²) in [7, 11) is 2.16. The van der Waals surface area contributed by atoms with Crippen LogP contribution in [0.5, 0.6) is 0 Å². The number of amidine groups is 1. The molecule has 0 radical (unpaired) electrons. The molecule has 1 amide bonds. The number of fused-ring (bicyclic) bond motifs is 3. The van der Waals surface area contributed by atoms with Crippen molar-refractivity contribution in [2.45, 2.75) is 114 Å². The van der Waals surface area contributed by atoms with Gasteiger partial charge in [0, 0.05) is 44.2 Å². The third-order valence-corrected chi connectivity index (χ3v) is 10.7. The van der Waals surface area contributed by atoms with Gasteiger partial charge in [0.05, 0.1) is 18.6 Å². The maximum absolute atomic E-state index is 12.8. The second kappa shape index (κ2) is 12.2. The van der Waals surface area contributed by atoms with E-state index in [1.165, 1.54) is 6.42 Å². The SMILES string of the molecule is C[C@H](OC1=[N+]=C(c2noc3c2CCC[C@@]32CCCCC23OCCO3)NC(N2CCN(C(=O)OC(C)(C)C)CC2)=C1)[C@@H]1CCCN1C. The van der Waals surface area contributed by atoms with Crippen molar-refractivity contribution in [1.82, 2.24) is 29.8 Å². The lowest BCUT2D eigenvalue weighted by molar-refractivity contribution is -0.235. The van der Waals surface area contributed by atoms with E-state index in [1.807, 2.05) is 26.8 Å². The Morgan fingerprint density at radius 1 is 1.07 bits per heavy atom. The molecule has 5 heterocycles. The van der Waals surface area contributed by atoms with Gasteiger partial charge in [0.15, 0.2) is 11.5 Å². The monoisotopic (exact) mass is 639 g/mol. The molecule has 1 aromatic heterocycles. The first-order chi connectivity index (χ1) is 22.1. The van der Waals surface area contributed by atoms with Gasteiger partial charge in [-0.3, -0.25) is 4.90 Å². The molecule has 4 fully saturated rings. The number of aromatic nitrogens is 1. The van der Waals surface area contributed by atoms with Gasteiger partial charge >= 0.3 is 17.8 Å². The van der Waals surface area contributed by atoms with Gasteiger partial charge in [-0.05, 0) is 86.2 Å². The predicted molar refractivity (Wildman–Crippen MR) is 172 cm³/mol. The second-order valence-electron chi connectivity index (χ2n) is 14.9. The quantitative estimate of drug-likeness (QED) is 0.493. The van der Waals surface area contributed by atoms with Gasteiger partial charge in [-0.15, -0.1) is 0 Å². The number of nitrogens with one attached hydrogen (secondary N) is 1. The predicted octanol–water partition coefficient (Wildman–Crippen LogP) is 3.27.